The summed E-state index contributed by atoms with van der Waals surface area (Å²) in [6.07, 6.45) is 0.445. The van der Waals surface area contributed by atoms with Gasteiger partial charge in [-0.15, -0.1) is 24.8 Å². The van der Waals surface area contributed by atoms with Crippen molar-refractivity contribution in [2.24, 2.45) is 17.6 Å². The van der Waals surface area contributed by atoms with Gasteiger partial charge >= 0.3 is 0 Å². The van der Waals surface area contributed by atoms with E-state index in [9.17, 15) is 4.79 Å². The van der Waals surface area contributed by atoms with Crippen LogP contribution in [0.25, 0.3) is 0 Å². The van der Waals surface area contributed by atoms with Crippen molar-refractivity contribution in [2.45, 2.75) is 32.9 Å². The Hall–Kier alpha value is -0.810. The fourth-order valence-corrected chi connectivity index (χ4v) is 3.87. The molecule has 0 aromatic heterocycles. The Morgan fingerprint density at radius 2 is 1.71 bits per heavy atom. The van der Waals surface area contributed by atoms with Crippen LogP contribution in [0.3, 0.4) is 0 Å². The Morgan fingerprint density at radius 3 is 2.21 bits per heavy atom. The largest absolute Gasteiger partial charge is 0.342 e. The second kappa shape index (κ2) is 10.9. The van der Waals surface area contributed by atoms with Crippen LogP contribution in [0.1, 0.15) is 25.8 Å². The third kappa shape index (κ3) is 5.92. The average Bonchev–Trinajstić information content (AvgIpc) is 2.47. The van der Waals surface area contributed by atoms with Gasteiger partial charge in [0.1, 0.15) is 0 Å². The number of nitrogens with two attached hydrogens (primary N) is 1. The Balaban J connectivity index is 0.00000264. The van der Waals surface area contributed by atoms with Crippen molar-refractivity contribution >= 4 is 30.7 Å². The van der Waals surface area contributed by atoms with Gasteiger partial charge in [0.2, 0.25) is 5.91 Å². The lowest BCUT2D eigenvalue weighted by molar-refractivity contribution is -0.135. The van der Waals surface area contributed by atoms with E-state index >= 15 is 0 Å². The summed E-state index contributed by atoms with van der Waals surface area (Å²) >= 11 is 0. The van der Waals surface area contributed by atoms with Crippen LogP contribution in [-0.2, 0) is 11.3 Å². The summed E-state index contributed by atoms with van der Waals surface area (Å²) in [5, 5.41) is 0. The highest BCUT2D eigenvalue weighted by molar-refractivity contribution is 5.85. The summed E-state index contributed by atoms with van der Waals surface area (Å²) in [5.41, 5.74) is 6.87. The van der Waals surface area contributed by atoms with E-state index < -0.39 is 0 Å². The molecule has 4 nitrogen and oxygen atoms in total. The molecule has 2 N–H and O–H groups in total. The number of likely N-dealkylation sites (tertiary alicyclic amines) is 1. The normalized spacial score (nSPS) is 23.8. The molecule has 2 atom stereocenters. The molecule has 0 saturated carbocycles. The Bertz CT molecular complexity index is 474. The van der Waals surface area contributed by atoms with Crippen LogP contribution in [0.5, 0.6) is 0 Å². The molecule has 138 valence electrons. The second-order valence-corrected chi connectivity index (χ2v) is 6.67. The van der Waals surface area contributed by atoms with Crippen molar-refractivity contribution in [3.8, 4) is 0 Å². The minimum Gasteiger partial charge on any atom is -0.342 e. The lowest BCUT2D eigenvalue weighted by Gasteiger charge is -2.45. The summed E-state index contributed by atoms with van der Waals surface area (Å²) in [7, 11) is 1.93. The number of halogens is 2. The van der Waals surface area contributed by atoms with E-state index in [1.165, 1.54) is 5.56 Å². The maximum atomic E-state index is 12.1. The van der Waals surface area contributed by atoms with Gasteiger partial charge in [0.05, 0.1) is 0 Å². The molecule has 6 heteroatoms. The molecule has 1 fully saturated rings. The number of benzene rings is 1. The highest BCUT2D eigenvalue weighted by Crippen LogP contribution is 2.27. The van der Waals surface area contributed by atoms with E-state index in [2.05, 4.69) is 49.1 Å². The van der Waals surface area contributed by atoms with E-state index in [-0.39, 0.29) is 30.7 Å². The third-order valence-electron chi connectivity index (χ3n) is 4.71. The highest BCUT2D eigenvalue weighted by Gasteiger charge is 2.35. The summed E-state index contributed by atoms with van der Waals surface area (Å²) in [6, 6.07) is 10.9. The molecule has 1 aliphatic rings. The zero-order chi connectivity index (χ0) is 16.1. The smallest absolute Gasteiger partial charge is 0.223 e. The maximum Gasteiger partial charge on any atom is 0.223 e. The quantitative estimate of drug-likeness (QED) is 0.860. The minimum atomic E-state index is 0. The van der Waals surface area contributed by atoms with Crippen molar-refractivity contribution < 1.29 is 4.79 Å². The third-order valence-corrected chi connectivity index (χ3v) is 4.71. The van der Waals surface area contributed by atoms with Crippen molar-refractivity contribution in [1.29, 1.82) is 0 Å². The Labute approximate surface area is 158 Å². The molecule has 0 spiro atoms. The van der Waals surface area contributed by atoms with Gasteiger partial charge < -0.3 is 10.6 Å². The predicted molar refractivity (Wildman–Crippen MR) is 105 cm³/mol. The molecule has 1 aromatic carbocycles. The summed E-state index contributed by atoms with van der Waals surface area (Å²) in [5.74, 6) is 1.11. The fourth-order valence-electron chi connectivity index (χ4n) is 3.87. The Kier molecular flexibility index (Phi) is 10.6. The van der Waals surface area contributed by atoms with Gasteiger partial charge in [-0.3, -0.25) is 9.69 Å². The molecule has 2 unspecified atom stereocenters. The van der Waals surface area contributed by atoms with Gasteiger partial charge in [-0.05, 0) is 17.4 Å². The molecule has 1 aliphatic heterocycles. The van der Waals surface area contributed by atoms with Crippen LogP contribution in [0, 0.1) is 11.8 Å². The standard InChI is InChI=1S/C18H29N3O.2ClH/c1-14-11-21(13-16-7-5-4-6-8-16)12-15(2)18(14)20(3)17(22)9-10-19;;/h4-8,14-15,18H,9-13,19H2,1-3H3;2*1H. The van der Waals surface area contributed by atoms with Gasteiger partial charge in [-0.1, -0.05) is 44.2 Å². The first-order chi connectivity index (χ1) is 10.5. The van der Waals surface area contributed by atoms with E-state index in [4.69, 9.17) is 5.73 Å². The number of piperidine rings is 1. The summed E-state index contributed by atoms with van der Waals surface area (Å²) < 4.78 is 0. The first-order valence-corrected chi connectivity index (χ1v) is 8.25. The summed E-state index contributed by atoms with van der Waals surface area (Å²) in [4.78, 5) is 16.6. The van der Waals surface area contributed by atoms with Crippen LogP contribution in [0.15, 0.2) is 30.3 Å². The zero-order valence-electron chi connectivity index (χ0n) is 14.9. The number of carbonyl (C=O) groups is 1. The second-order valence-electron chi connectivity index (χ2n) is 6.67. The summed E-state index contributed by atoms with van der Waals surface area (Å²) in [6.45, 7) is 7.99. The van der Waals surface area contributed by atoms with Crippen LogP contribution in [-0.4, -0.2) is 48.4 Å². The molecule has 2 rings (SSSR count). The molecule has 1 amide bonds. The van der Waals surface area contributed by atoms with Crippen molar-refractivity contribution in [3.63, 3.8) is 0 Å². The van der Waals surface area contributed by atoms with Crippen LogP contribution in [0.4, 0.5) is 0 Å². The van der Waals surface area contributed by atoms with E-state index in [0.29, 0.717) is 30.8 Å². The van der Waals surface area contributed by atoms with Gasteiger partial charge in [0, 0.05) is 45.7 Å². The number of amides is 1. The fraction of sp³-hybridized carbons (Fsp3) is 0.611. The molecular formula is C18H31Cl2N3O. The Morgan fingerprint density at radius 1 is 1.17 bits per heavy atom. The lowest BCUT2D eigenvalue weighted by Crippen LogP contribution is -2.55. The van der Waals surface area contributed by atoms with Gasteiger partial charge in [-0.25, -0.2) is 0 Å². The molecular weight excluding hydrogens is 345 g/mol. The van der Waals surface area contributed by atoms with Crippen molar-refractivity contribution in [3.05, 3.63) is 35.9 Å². The molecule has 0 bridgehead atoms. The first-order valence-electron chi connectivity index (χ1n) is 8.25. The number of hydrogen-bond donors (Lipinski definition) is 1. The zero-order valence-corrected chi connectivity index (χ0v) is 16.5. The molecule has 0 aliphatic carbocycles. The van der Waals surface area contributed by atoms with Crippen LogP contribution >= 0.6 is 24.8 Å². The maximum absolute atomic E-state index is 12.1. The van der Waals surface area contributed by atoms with Gasteiger partial charge in [0.15, 0.2) is 0 Å². The SMILES string of the molecule is CC1CN(Cc2ccccc2)CC(C)C1N(C)C(=O)CCN.Cl.Cl. The number of hydrogen-bond acceptors (Lipinski definition) is 3. The first kappa shape index (κ1) is 23.2. The lowest BCUT2D eigenvalue weighted by atomic mass is 9.84. The highest BCUT2D eigenvalue weighted by atomic mass is 35.5. The van der Waals surface area contributed by atoms with Crippen molar-refractivity contribution in [2.75, 3.05) is 26.7 Å². The predicted octanol–water partition coefficient (Wildman–Crippen LogP) is 2.79. The molecule has 1 saturated heterocycles. The van der Waals surface area contributed by atoms with Gasteiger partial charge in [-0.2, -0.15) is 0 Å². The average molecular weight is 376 g/mol. The van der Waals surface area contributed by atoms with Crippen molar-refractivity contribution in [1.82, 2.24) is 9.80 Å². The number of nitrogens with zero attached hydrogens (tertiary/aromatic N) is 2. The van der Waals surface area contributed by atoms with E-state index in [0.717, 1.165) is 19.6 Å². The molecule has 0 radical (unpaired) electrons. The number of carbonyl (C=O) groups excluding carboxylic acids is 1. The molecule has 24 heavy (non-hydrogen) atoms. The number of rotatable bonds is 5. The monoisotopic (exact) mass is 375 g/mol. The van der Waals surface area contributed by atoms with Gasteiger partial charge in [0.25, 0.3) is 0 Å². The van der Waals surface area contributed by atoms with E-state index in [1.54, 1.807) is 0 Å². The molecule has 1 heterocycles. The van der Waals surface area contributed by atoms with E-state index in [1.807, 2.05) is 11.9 Å². The van der Waals surface area contributed by atoms with Crippen LogP contribution < -0.4 is 5.73 Å². The van der Waals surface area contributed by atoms with Crippen LogP contribution in [0.2, 0.25) is 0 Å². The molecule has 1 aromatic rings. The minimum absolute atomic E-state index is 0. The topological polar surface area (TPSA) is 49.6 Å².